The summed E-state index contributed by atoms with van der Waals surface area (Å²) < 4.78 is 0. The van der Waals surface area contributed by atoms with Crippen molar-refractivity contribution in [1.82, 2.24) is 16.0 Å². The summed E-state index contributed by atoms with van der Waals surface area (Å²) in [5.41, 5.74) is 0. The maximum atomic E-state index is 11.6. The van der Waals surface area contributed by atoms with E-state index < -0.39 is 0 Å². The van der Waals surface area contributed by atoms with E-state index in [0.29, 0.717) is 18.9 Å². The number of hydrogen-bond acceptors (Lipinski definition) is 3. The summed E-state index contributed by atoms with van der Waals surface area (Å²) >= 11 is 1.79. The fraction of sp³-hybridized carbons (Fsp3) is 0.647. The van der Waals surface area contributed by atoms with Gasteiger partial charge in [-0.1, -0.05) is 13.0 Å². The Bertz CT molecular complexity index is 477. The number of halogens is 1. The van der Waals surface area contributed by atoms with Crippen LogP contribution in [0.25, 0.3) is 0 Å². The normalized spacial score (nSPS) is 12.5. The van der Waals surface area contributed by atoms with Gasteiger partial charge in [0.1, 0.15) is 0 Å². The fourth-order valence-electron chi connectivity index (χ4n) is 2.11. The number of nitrogens with one attached hydrogen (secondary N) is 3. The molecule has 0 fully saturated rings. The van der Waals surface area contributed by atoms with E-state index in [4.69, 9.17) is 0 Å². The Morgan fingerprint density at radius 2 is 2.04 bits per heavy atom. The first-order valence-electron chi connectivity index (χ1n) is 8.35. The molecule has 0 radical (unpaired) electrons. The standard InChI is InChI=1S/C17H30N4OS.HI/c1-5-18-17(19-9-8-16(22)21-13(2)3)20-12-14(4)11-15-7-6-10-23-15;/h6-7,10,13-14H,5,8-9,11-12H2,1-4H3,(H,21,22)(H2,18,19,20);1H. The van der Waals surface area contributed by atoms with Gasteiger partial charge in [-0.15, -0.1) is 35.3 Å². The van der Waals surface area contributed by atoms with E-state index >= 15 is 0 Å². The number of carbonyl (C=O) groups is 1. The van der Waals surface area contributed by atoms with Crippen LogP contribution in [-0.2, 0) is 11.2 Å². The smallest absolute Gasteiger partial charge is 0.221 e. The molecule has 0 aliphatic carbocycles. The van der Waals surface area contributed by atoms with Crippen LogP contribution in [0, 0.1) is 5.92 Å². The van der Waals surface area contributed by atoms with Gasteiger partial charge in [0.15, 0.2) is 5.96 Å². The molecule has 1 amide bonds. The monoisotopic (exact) mass is 466 g/mol. The van der Waals surface area contributed by atoms with Crippen molar-refractivity contribution < 1.29 is 4.79 Å². The van der Waals surface area contributed by atoms with Gasteiger partial charge >= 0.3 is 0 Å². The third kappa shape index (κ3) is 10.9. The zero-order valence-corrected chi connectivity index (χ0v) is 18.2. The maximum absolute atomic E-state index is 11.6. The van der Waals surface area contributed by atoms with Gasteiger partial charge < -0.3 is 16.0 Å². The number of hydrogen-bond donors (Lipinski definition) is 3. The van der Waals surface area contributed by atoms with Gasteiger partial charge in [-0.25, -0.2) is 0 Å². The zero-order valence-electron chi connectivity index (χ0n) is 15.1. The molecule has 7 heteroatoms. The Kier molecular flexibility index (Phi) is 13.0. The minimum Gasteiger partial charge on any atom is -0.357 e. The van der Waals surface area contributed by atoms with E-state index in [2.05, 4.69) is 45.4 Å². The molecular formula is C17H31IN4OS. The van der Waals surface area contributed by atoms with Gasteiger partial charge in [-0.05, 0) is 44.6 Å². The highest BCUT2D eigenvalue weighted by Crippen LogP contribution is 2.14. The van der Waals surface area contributed by atoms with Crippen molar-refractivity contribution in [3.63, 3.8) is 0 Å². The number of rotatable bonds is 9. The van der Waals surface area contributed by atoms with Crippen molar-refractivity contribution in [3.8, 4) is 0 Å². The average Bonchev–Trinajstić information content (AvgIpc) is 2.96. The summed E-state index contributed by atoms with van der Waals surface area (Å²) in [7, 11) is 0. The number of guanidine groups is 1. The second kappa shape index (κ2) is 13.5. The van der Waals surface area contributed by atoms with Crippen LogP contribution in [0.4, 0.5) is 0 Å². The van der Waals surface area contributed by atoms with Gasteiger partial charge in [0, 0.05) is 37.0 Å². The molecule has 138 valence electrons. The highest BCUT2D eigenvalue weighted by molar-refractivity contribution is 14.0. The second-order valence-corrected chi connectivity index (χ2v) is 7.04. The first-order chi connectivity index (χ1) is 11.0. The summed E-state index contributed by atoms with van der Waals surface area (Å²) in [5.74, 6) is 1.34. The molecular weight excluding hydrogens is 435 g/mol. The van der Waals surface area contributed by atoms with Crippen LogP contribution in [0.5, 0.6) is 0 Å². The Morgan fingerprint density at radius 3 is 2.62 bits per heavy atom. The van der Waals surface area contributed by atoms with Gasteiger partial charge in [0.05, 0.1) is 0 Å². The predicted molar refractivity (Wildman–Crippen MR) is 114 cm³/mol. The van der Waals surface area contributed by atoms with E-state index in [-0.39, 0.29) is 35.9 Å². The zero-order chi connectivity index (χ0) is 17.1. The Labute approximate surface area is 167 Å². The quantitative estimate of drug-likeness (QED) is 0.298. The Balaban J connectivity index is 0.00000529. The van der Waals surface area contributed by atoms with Crippen LogP contribution < -0.4 is 16.0 Å². The largest absolute Gasteiger partial charge is 0.357 e. The molecule has 0 bridgehead atoms. The summed E-state index contributed by atoms with van der Waals surface area (Å²) in [6.07, 6.45) is 1.50. The van der Waals surface area contributed by atoms with Gasteiger partial charge in [0.25, 0.3) is 0 Å². The van der Waals surface area contributed by atoms with Crippen LogP contribution in [0.1, 0.15) is 39.0 Å². The van der Waals surface area contributed by atoms with Crippen molar-refractivity contribution >= 4 is 47.2 Å². The number of aliphatic imine (C=N–C) groups is 1. The average molecular weight is 466 g/mol. The van der Waals surface area contributed by atoms with Crippen molar-refractivity contribution in [2.45, 2.75) is 46.6 Å². The lowest BCUT2D eigenvalue weighted by Crippen LogP contribution is -2.40. The summed E-state index contributed by atoms with van der Waals surface area (Å²) in [6.45, 7) is 10.3. The highest BCUT2D eigenvalue weighted by atomic mass is 127. The van der Waals surface area contributed by atoms with Gasteiger partial charge in [-0.3, -0.25) is 9.79 Å². The van der Waals surface area contributed by atoms with Crippen LogP contribution in [0.3, 0.4) is 0 Å². The van der Waals surface area contributed by atoms with E-state index in [1.165, 1.54) is 4.88 Å². The Morgan fingerprint density at radius 1 is 1.29 bits per heavy atom. The molecule has 1 rings (SSSR count). The lowest BCUT2D eigenvalue weighted by Gasteiger charge is -2.13. The van der Waals surface area contributed by atoms with E-state index in [1.54, 1.807) is 11.3 Å². The van der Waals surface area contributed by atoms with Crippen LogP contribution >= 0.6 is 35.3 Å². The molecule has 3 N–H and O–H groups in total. The number of thiophene rings is 1. The minimum atomic E-state index is 0. The van der Waals surface area contributed by atoms with Crippen molar-refractivity contribution in [1.29, 1.82) is 0 Å². The number of carbonyl (C=O) groups excluding carboxylic acids is 1. The van der Waals surface area contributed by atoms with Gasteiger partial charge in [-0.2, -0.15) is 0 Å². The first kappa shape index (κ1) is 23.2. The molecule has 0 aliphatic rings. The molecule has 0 spiro atoms. The summed E-state index contributed by atoms with van der Waals surface area (Å²) in [4.78, 5) is 17.6. The molecule has 1 aromatic rings. The Hall–Kier alpha value is -0.830. The fourth-order valence-corrected chi connectivity index (χ4v) is 2.98. The first-order valence-corrected chi connectivity index (χ1v) is 9.23. The number of amides is 1. The van der Waals surface area contributed by atoms with Crippen LogP contribution in [0.15, 0.2) is 22.5 Å². The maximum Gasteiger partial charge on any atom is 0.221 e. The van der Waals surface area contributed by atoms with Gasteiger partial charge in [0.2, 0.25) is 5.91 Å². The molecule has 0 aliphatic heterocycles. The third-order valence-corrected chi connectivity index (χ3v) is 4.03. The van der Waals surface area contributed by atoms with E-state index in [1.807, 2.05) is 20.8 Å². The lowest BCUT2D eigenvalue weighted by molar-refractivity contribution is -0.121. The second-order valence-electron chi connectivity index (χ2n) is 6.01. The third-order valence-electron chi connectivity index (χ3n) is 3.13. The molecule has 0 saturated heterocycles. The molecule has 1 unspecified atom stereocenters. The summed E-state index contributed by atoms with van der Waals surface area (Å²) in [5, 5.41) is 11.4. The molecule has 0 saturated carbocycles. The topological polar surface area (TPSA) is 65.5 Å². The SMILES string of the molecule is CCNC(=NCC(C)Cc1cccs1)NCCC(=O)NC(C)C.I. The minimum absolute atomic E-state index is 0. The molecule has 1 aromatic heterocycles. The van der Waals surface area contributed by atoms with Crippen molar-refractivity contribution in [2.24, 2.45) is 10.9 Å². The van der Waals surface area contributed by atoms with Crippen molar-refractivity contribution in [3.05, 3.63) is 22.4 Å². The molecule has 0 aromatic carbocycles. The van der Waals surface area contributed by atoms with Crippen molar-refractivity contribution in [2.75, 3.05) is 19.6 Å². The predicted octanol–water partition coefficient (Wildman–Crippen LogP) is 3.01. The number of nitrogens with zero attached hydrogens (tertiary/aromatic N) is 1. The molecule has 5 nitrogen and oxygen atoms in total. The molecule has 24 heavy (non-hydrogen) atoms. The van der Waals surface area contributed by atoms with E-state index in [9.17, 15) is 4.79 Å². The molecule has 1 atom stereocenters. The van der Waals surface area contributed by atoms with Crippen LogP contribution in [0.2, 0.25) is 0 Å². The summed E-state index contributed by atoms with van der Waals surface area (Å²) in [6, 6.07) is 4.44. The van der Waals surface area contributed by atoms with E-state index in [0.717, 1.165) is 25.5 Å². The molecule has 1 heterocycles. The lowest BCUT2D eigenvalue weighted by atomic mass is 10.1. The van der Waals surface area contributed by atoms with Crippen LogP contribution in [-0.4, -0.2) is 37.5 Å². The highest BCUT2D eigenvalue weighted by Gasteiger charge is 2.06.